The van der Waals surface area contributed by atoms with Gasteiger partial charge in [-0.05, 0) is 44.6 Å². The fraction of sp³-hybridized carbons (Fsp3) is 0.800. The molecule has 0 aromatic carbocycles. The number of hydrogen-bond acceptors (Lipinski definition) is 1. The summed E-state index contributed by atoms with van der Waals surface area (Å²) >= 11 is 0. The summed E-state index contributed by atoms with van der Waals surface area (Å²) in [4.78, 5) is 0. The predicted molar refractivity (Wildman–Crippen MR) is 47.4 cm³/mol. The van der Waals surface area contributed by atoms with Gasteiger partial charge in [-0.3, -0.25) is 0 Å². The Morgan fingerprint density at radius 1 is 1.55 bits per heavy atom. The lowest BCUT2D eigenvalue weighted by atomic mass is 9.84. The molecular weight excluding hydrogens is 136 g/mol. The zero-order valence-electron chi connectivity index (χ0n) is 7.72. The van der Waals surface area contributed by atoms with Gasteiger partial charge in [0.1, 0.15) is 0 Å². The van der Waals surface area contributed by atoms with Crippen molar-refractivity contribution in [3.8, 4) is 0 Å². The zero-order chi connectivity index (χ0) is 8.48. The van der Waals surface area contributed by atoms with Crippen LogP contribution < -0.4 is 0 Å². The van der Waals surface area contributed by atoms with Crippen LogP contribution >= 0.6 is 0 Å². The van der Waals surface area contributed by atoms with Crippen molar-refractivity contribution in [1.29, 1.82) is 0 Å². The second kappa shape index (κ2) is 2.98. The van der Waals surface area contributed by atoms with Crippen molar-refractivity contribution in [3.05, 3.63) is 11.6 Å². The fourth-order valence-electron chi connectivity index (χ4n) is 1.52. The molecular formula is C10H18O. The number of allylic oxidation sites excluding steroid dienone is 1. The molecule has 0 fully saturated rings. The zero-order valence-corrected chi connectivity index (χ0v) is 7.72. The van der Waals surface area contributed by atoms with Crippen LogP contribution in [0.2, 0.25) is 0 Å². The lowest BCUT2D eigenvalue weighted by Gasteiger charge is -2.27. The van der Waals surface area contributed by atoms with Gasteiger partial charge in [-0.2, -0.15) is 0 Å². The van der Waals surface area contributed by atoms with Crippen LogP contribution in [0.1, 0.15) is 40.0 Å². The first-order valence-electron chi connectivity index (χ1n) is 4.42. The van der Waals surface area contributed by atoms with Gasteiger partial charge in [0.2, 0.25) is 0 Å². The van der Waals surface area contributed by atoms with E-state index in [9.17, 15) is 5.11 Å². The molecule has 0 radical (unpaired) electrons. The van der Waals surface area contributed by atoms with Gasteiger partial charge >= 0.3 is 0 Å². The quantitative estimate of drug-likeness (QED) is 0.575. The summed E-state index contributed by atoms with van der Waals surface area (Å²) in [6, 6.07) is 0. The Morgan fingerprint density at radius 3 is 2.55 bits per heavy atom. The molecule has 0 aromatic rings. The van der Waals surface area contributed by atoms with Gasteiger partial charge in [0.05, 0.1) is 5.60 Å². The molecule has 0 bridgehead atoms. The highest BCUT2D eigenvalue weighted by Crippen LogP contribution is 2.29. The van der Waals surface area contributed by atoms with E-state index >= 15 is 0 Å². The van der Waals surface area contributed by atoms with E-state index in [4.69, 9.17) is 0 Å². The van der Waals surface area contributed by atoms with Gasteiger partial charge in [-0.15, -0.1) is 0 Å². The molecule has 1 nitrogen and oxygen atoms in total. The molecule has 1 aliphatic carbocycles. The average molecular weight is 154 g/mol. The van der Waals surface area contributed by atoms with Crippen molar-refractivity contribution in [1.82, 2.24) is 0 Å². The molecule has 1 heteroatoms. The Hall–Kier alpha value is -0.300. The maximum absolute atomic E-state index is 9.66. The van der Waals surface area contributed by atoms with Crippen LogP contribution in [-0.4, -0.2) is 10.7 Å². The Kier molecular flexibility index (Phi) is 2.38. The Morgan fingerprint density at radius 2 is 2.18 bits per heavy atom. The maximum atomic E-state index is 9.66. The molecule has 0 spiro atoms. The Labute approximate surface area is 69.1 Å². The molecule has 0 saturated carbocycles. The lowest BCUT2D eigenvalue weighted by molar-refractivity contribution is 0.112. The van der Waals surface area contributed by atoms with Gasteiger partial charge in [0.15, 0.2) is 0 Å². The maximum Gasteiger partial charge on any atom is 0.0800 e. The molecule has 11 heavy (non-hydrogen) atoms. The number of rotatable bonds is 1. The lowest BCUT2D eigenvalue weighted by Crippen LogP contribution is -2.24. The summed E-state index contributed by atoms with van der Waals surface area (Å²) in [6.45, 7) is 6.00. The molecule has 0 aromatic heterocycles. The standard InChI is InChI=1S/C10H18O/c1-8-4-6-9(7-5-8)10(2,3)11/h6,8,11H,4-5,7H2,1-3H3/t8-/m0/s1. The normalized spacial score (nSPS) is 26.5. The highest BCUT2D eigenvalue weighted by Gasteiger charge is 2.22. The van der Waals surface area contributed by atoms with Crippen molar-refractivity contribution in [3.63, 3.8) is 0 Å². The second-order valence-corrected chi connectivity index (χ2v) is 4.17. The molecule has 1 aliphatic rings. The van der Waals surface area contributed by atoms with Gasteiger partial charge in [-0.1, -0.05) is 13.0 Å². The van der Waals surface area contributed by atoms with Crippen LogP contribution in [0.25, 0.3) is 0 Å². The third-order valence-corrected chi connectivity index (χ3v) is 2.46. The Bertz CT molecular complexity index is 162. The van der Waals surface area contributed by atoms with Crippen LogP contribution in [0, 0.1) is 5.92 Å². The molecule has 0 saturated heterocycles. The molecule has 1 atom stereocenters. The van der Waals surface area contributed by atoms with Gasteiger partial charge in [0, 0.05) is 0 Å². The third kappa shape index (κ3) is 2.33. The molecule has 0 aliphatic heterocycles. The van der Waals surface area contributed by atoms with Crippen LogP contribution in [0.4, 0.5) is 0 Å². The summed E-state index contributed by atoms with van der Waals surface area (Å²) in [5, 5.41) is 9.66. The number of aliphatic hydroxyl groups is 1. The number of hydrogen-bond donors (Lipinski definition) is 1. The molecule has 0 heterocycles. The first kappa shape index (κ1) is 8.79. The SMILES string of the molecule is C[C@H]1CC=C(C(C)(C)O)CC1. The van der Waals surface area contributed by atoms with Crippen molar-refractivity contribution in [2.75, 3.05) is 0 Å². The van der Waals surface area contributed by atoms with E-state index in [1.165, 1.54) is 12.0 Å². The smallest absolute Gasteiger partial charge is 0.0800 e. The minimum Gasteiger partial charge on any atom is -0.386 e. The van der Waals surface area contributed by atoms with Crippen LogP contribution in [0.5, 0.6) is 0 Å². The fourth-order valence-corrected chi connectivity index (χ4v) is 1.52. The second-order valence-electron chi connectivity index (χ2n) is 4.17. The summed E-state index contributed by atoms with van der Waals surface area (Å²) < 4.78 is 0. The van der Waals surface area contributed by atoms with E-state index in [0.29, 0.717) is 0 Å². The van der Waals surface area contributed by atoms with E-state index in [2.05, 4.69) is 13.0 Å². The van der Waals surface area contributed by atoms with Crippen LogP contribution in [0.15, 0.2) is 11.6 Å². The van der Waals surface area contributed by atoms with Crippen molar-refractivity contribution < 1.29 is 5.11 Å². The van der Waals surface area contributed by atoms with E-state index < -0.39 is 5.60 Å². The van der Waals surface area contributed by atoms with Crippen molar-refractivity contribution in [2.45, 2.75) is 45.6 Å². The van der Waals surface area contributed by atoms with Crippen molar-refractivity contribution >= 4 is 0 Å². The molecule has 0 amide bonds. The first-order valence-corrected chi connectivity index (χ1v) is 4.42. The van der Waals surface area contributed by atoms with Gasteiger partial charge < -0.3 is 5.11 Å². The van der Waals surface area contributed by atoms with E-state index in [1.807, 2.05) is 13.8 Å². The first-order chi connectivity index (χ1) is 5.00. The highest BCUT2D eigenvalue weighted by molar-refractivity contribution is 5.15. The van der Waals surface area contributed by atoms with Gasteiger partial charge in [0.25, 0.3) is 0 Å². The minimum absolute atomic E-state index is 0.583. The van der Waals surface area contributed by atoms with E-state index in [1.54, 1.807) is 0 Å². The van der Waals surface area contributed by atoms with Crippen LogP contribution in [-0.2, 0) is 0 Å². The molecule has 0 unspecified atom stereocenters. The average Bonchev–Trinajstić information content (AvgIpc) is 1.86. The Balaban J connectivity index is 2.62. The minimum atomic E-state index is -0.583. The van der Waals surface area contributed by atoms with Crippen molar-refractivity contribution in [2.24, 2.45) is 5.92 Å². The largest absolute Gasteiger partial charge is 0.386 e. The molecule has 64 valence electrons. The summed E-state index contributed by atoms with van der Waals surface area (Å²) in [5.41, 5.74) is 0.635. The van der Waals surface area contributed by atoms with E-state index in [0.717, 1.165) is 18.8 Å². The summed E-state index contributed by atoms with van der Waals surface area (Å²) in [5.74, 6) is 0.807. The predicted octanol–water partition coefficient (Wildman–Crippen LogP) is 2.50. The van der Waals surface area contributed by atoms with Gasteiger partial charge in [-0.25, -0.2) is 0 Å². The highest BCUT2D eigenvalue weighted by atomic mass is 16.3. The third-order valence-electron chi connectivity index (χ3n) is 2.46. The summed E-state index contributed by atoms with van der Waals surface area (Å²) in [6.07, 6.45) is 5.65. The summed E-state index contributed by atoms with van der Waals surface area (Å²) in [7, 11) is 0. The molecule has 1 N–H and O–H groups in total. The molecule has 1 rings (SSSR count). The van der Waals surface area contributed by atoms with Crippen LogP contribution in [0.3, 0.4) is 0 Å². The van der Waals surface area contributed by atoms with E-state index in [-0.39, 0.29) is 0 Å². The monoisotopic (exact) mass is 154 g/mol. The topological polar surface area (TPSA) is 20.2 Å².